The number of benzene rings is 1. The van der Waals surface area contributed by atoms with E-state index in [1.54, 1.807) is 0 Å². The van der Waals surface area contributed by atoms with Gasteiger partial charge in [-0.2, -0.15) is 0 Å². The minimum atomic E-state index is -0.784. The zero-order valence-electron chi connectivity index (χ0n) is 10.6. The normalized spacial score (nSPS) is 27.4. The minimum absolute atomic E-state index is 0.0435. The van der Waals surface area contributed by atoms with Crippen LogP contribution < -0.4 is 5.32 Å². The third-order valence-electron chi connectivity index (χ3n) is 3.23. The summed E-state index contributed by atoms with van der Waals surface area (Å²) in [5.41, 5.74) is 0.788. The van der Waals surface area contributed by atoms with Gasteiger partial charge >= 0.3 is 0 Å². The molecule has 0 bridgehead atoms. The first-order valence-corrected chi connectivity index (χ1v) is 7.63. The summed E-state index contributed by atoms with van der Waals surface area (Å²) in [6.45, 7) is 4.17. The molecule has 3 nitrogen and oxygen atoms in total. The molecule has 3 rings (SSSR count). The fraction of sp³-hybridized carbons (Fsp3) is 0.429. The van der Waals surface area contributed by atoms with Gasteiger partial charge in [0.1, 0.15) is 11.3 Å². The van der Waals surface area contributed by atoms with E-state index in [0.717, 1.165) is 16.7 Å². The summed E-state index contributed by atoms with van der Waals surface area (Å²) in [5.74, 6) is 2.21. The average Bonchev–Trinajstić information content (AvgIpc) is 2.69. The van der Waals surface area contributed by atoms with E-state index >= 15 is 0 Å². The zero-order chi connectivity index (χ0) is 12.8. The number of hydrogen-bond donors (Lipinski definition) is 1. The molecule has 2 heterocycles. The minimum Gasteiger partial charge on any atom is -0.459 e. The second-order valence-corrected chi connectivity index (χ2v) is 7.02. The monoisotopic (exact) mass is 263 g/mol. The van der Waals surface area contributed by atoms with Gasteiger partial charge in [-0.3, -0.25) is 4.21 Å². The summed E-state index contributed by atoms with van der Waals surface area (Å²) in [7, 11) is -0.784. The Morgan fingerprint density at radius 1 is 1.39 bits per heavy atom. The molecule has 0 amide bonds. The quantitative estimate of drug-likeness (QED) is 0.860. The fourth-order valence-corrected chi connectivity index (χ4v) is 4.16. The molecule has 2 atom stereocenters. The van der Waals surface area contributed by atoms with Gasteiger partial charge in [-0.1, -0.05) is 18.2 Å². The molecule has 0 saturated carbocycles. The van der Waals surface area contributed by atoms with Crippen molar-refractivity contribution in [2.24, 2.45) is 0 Å². The third-order valence-corrected chi connectivity index (χ3v) is 4.98. The highest BCUT2D eigenvalue weighted by Gasteiger charge is 2.33. The van der Waals surface area contributed by atoms with Crippen LogP contribution in [0, 0.1) is 0 Å². The van der Waals surface area contributed by atoms with E-state index in [9.17, 15) is 4.21 Å². The molecule has 0 radical (unpaired) electrons. The van der Waals surface area contributed by atoms with Crippen molar-refractivity contribution in [2.75, 3.05) is 11.5 Å². The van der Waals surface area contributed by atoms with Crippen LogP contribution in [0.25, 0.3) is 11.0 Å². The van der Waals surface area contributed by atoms with E-state index in [2.05, 4.69) is 19.2 Å². The molecular weight excluding hydrogens is 246 g/mol. The van der Waals surface area contributed by atoms with E-state index in [1.807, 2.05) is 30.3 Å². The maximum Gasteiger partial charge on any atom is 0.134 e. The average molecular weight is 263 g/mol. The van der Waals surface area contributed by atoms with E-state index in [0.29, 0.717) is 11.5 Å². The van der Waals surface area contributed by atoms with Crippen LogP contribution in [0.1, 0.15) is 25.6 Å². The van der Waals surface area contributed by atoms with Crippen LogP contribution >= 0.6 is 0 Å². The van der Waals surface area contributed by atoms with E-state index in [1.165, 1.54) is 0 Å². The van der Waals surface area contributed by atoms with Gasteiger partial charge in [0.2, 0.25) is 0 Å². The van der Waals surface area contributed by atoms with Gasteiger partial charge in [0.15, 0.2) is 0 Å². The molecule has 1 fully saturated rings. The zero-order valence-corrected chi connectivity index (χ0v) is 11.4. The van der Waals surface area contributed by atoms with Gasteiger partial charge in [0.25, 0.3) is 0 Å². The molecule has 0 aliphatic carbocycles. The molecule has 96 valence electrons. The Labute approximate surface area is 109 Å². The molecule has 1 N–H and O–H groups in total. The molecule has 1 saturated heterocycles. The Bertz CT molecular complexity index is 570. The first kappa shape index (κ1) is 11.9. The molecule has 2 aromatic rings. The van der Waals surface area contributed by atoms with E-state index in [4.69, 9.17) is 4.42 Å². The number of furan rings is 1. The predicted molar refractivity (Wildman–Crippen MR) is 74.0 cm³/mol. The van der Waals surface area contributed by atoms with E-state index < -0.39 is 10.8 Å². The Morgan fingerprint density at radius 3 is 2.89 bits per heavy atom. The topological polar surface area (TPSA) is 42.2 Å². The lowest BCUT2D eigenvalue weighted by atomic mass is 10.1. The molecular formula is C14H17NO2S. The van der Waals surface area contributed by atoms with Crippen molar-refractivity contribution in [3.63, 3.8) is 0 Å². The first-order valence-electron chi connectivity index (χ1n) is 6.15. The van der Waals surface area contributed by atoms with Gasteiger partial charge in [-0.25, -0.2) is 0 Å². The maximum absolute atomic E-state index is 11.9. The van der Waals surface area contributed by atoms with Crippen molar-refractivity contribution in [1.29, 1.82) is 0 Å². The van der Waals surface area contributed by atoms with Crippen molar-refractivity contribution in [2.45, 2.75) is 25.4 Å². The van der Waals surface area contributed by atoms with Crippen molar-refractivity contribution in [1.82, 2.24) is 5.32 Å². The highest BCUT2D eigenvalue weighted by Crippen LogP contribution is 2.28. The second-order valence-electron chi connectivity index (χ2n) is 5.52. The lowest BCUT2D eigenvalue weighted by Crippen LogP contribution is -2.52. The fourth-order valence-electron chi connectivity index (χ4n) is 2.53. The molecule has 2 unspecified atom stereocenters. The van der Waals surface area contributed by atoms with E-state index in [-0.39, 0.29) is 11.6 Å². The number of nitrogens with one attached hydrogen (secondary N) is 1. The molecule has 1 aromatic heterocycles. The number of fused-ring (bicyclic) bond motifs is 1. The van der Waals surface area contributed by atoms with Crippen LogP contribution in [-0.4, -0.2) is 21.3 Å². The SMILES string of the molecule is CC1(C)CS(=O)CC(c2cc3ccccc3o2)N1. The molecule has 4 heteroatoms. The molecule has 1 aliphatic heterocycles. The van der Waals surface area contributed by atoms with Gasteiger partial charge < -0.3 is 9.73 Å². The van der Waals surface area contributed by atoms with Crippen molar-refractivity contribution in [3.05, 3.63) is 36.1 Å². The Balaban J connectivity index is 1.96. The Hall–Kier alpha value is -1.13. The summed E-state index contributed by atoms with van der Waals surface area (Å²) in [6, 6.07) is 10.1. The van der Waals surface area contributed by atoms with Gasteiger partial charge in [-0.15, -0.1) is 0 Å². The van der Waals surface area contributed by atoms with Crippen LogP contribution in [0.2, 0.25) is 0 Å². The smallest absolute Gasteiger partial charge is 0.134 e. The summed E-state index contributed by atoms with van der Waals surface area (Å²) in [4.78, 5) is 0. The number of para-hydroxylation sites is 1. The summed E-state index contributed by atoms with van der Waals surface area (Å²) in [5, 5.41) is 4.61. The largest absolute Gasteiger partial charge is 0.459 e. The summed E-state index contributed by atoms with van der Waals surface area (Å²) < 4.78 is 17.8. The molecule has 1 aromatic carbocycles. The van der Waals surface area contributed by atoms with Crippen molar-refractivity contribution in [3.8, 4) is 0 Å². The first-order chi connectivity index (χ1) is 8.53. The maximum atomic E-state index is 11.9. The van der Waals surface area contributed by atoms with Gasteiger partial charge in [0, 0.05) is 33.2 Å². The van der Waals surface area contributed by atoms with Gasteiger partial charge in [-0.05, 0) is 26.0 Å². The third kappa shape index (κ3) is 2.22. The molecule has 1 aliphatic rings. The van der Waals surface area contributed by atoms with Gasteiger partial charge in [0.05, 0.1) is 6.04 Å². The van der Waals surface area contributed by atoms with Crippen molar-refractivity contribution >= 4 is 21.8 Å². The molecule has 0 spiro atoms. The standard InChI is InChI=1S/C14H17NO2S/c1-14(2)9-18(16)8-11(15-14)13-7-10-5-3-4-6-12(10)17-13/h3-7,11,15H,8-9H2,1-2H3. The number of hydrogen-bond acceptors (Lipinski definition) is 3. The number of rotatable bonds is 1. The van der Waals surface area contributed by atoms with Crippen molar-refractivity contribution < 1.29 is 8.63 Å². The summed E-state index contributed by atoms with van der Waals surface area (Å²) in [6.07, 6.45) is 0. The van der Waals surface area contributed by atoms with Crippen LogP contribution in [0.3, 0.4) is 0 Å². The van der Waals surface area contributed by atoms with Crippen LogP contribution in [-0.2, 0) is 10.8 Å². The lowest BCUT2D eigenvalue weighted by molar-refractivity contribution is 0.336. The highest BCUT2D eigenvalue weighted by molar-refractivity contribution is 7.85. The predicted octanol–water partition coefficient (Wildman–Crippen LogP) is 2.60. The van der Waals surface area contributed by atoms with Crippen LogP contribution in [0.5, 0.6) is 0 Å². The Kier molecular flexibility index (Phi) is 2.79. The van der Waals surface area contributed by atoms with Crippen LogP contribution in [0.15, 0.2) is 34.7 Å². The highest BCUT2D eigenvalue weighted by atomic mass is 32.2. The Morgan fingerprint density at radius 2 is 2.17 bits per heavy atom. The second kappa shape index (κ2) is 4.21. The lowest BCUT2D eigenvalue weighted by Gasteiger charge is -2.35. The van der Waals surface area contributed by atoms with Crippen LogP contribution in [0.4, 0.5) is 0 Å². The summed E-state index contributed by atoms with van der Waals surface area (Å²) >= 11 is 0. The molecule has 18 heavy (non-hydrogen) atoms.